The zero-order chi connectivity index (χ0) is 22.4. The minimum atomic E-state index is -3.66. The molecule has 0 aliphatic carbocycles. The zero-order valence-corrected chi connectivity index (χ0v) is 19.4. The average molecular weight is 445 g/mol. The van der Waals surface area contributed by atoms with E-state index >= 15 is 0 Å². The van der Waals surface area contributed by atoms with E-state index in [9.17, 15) is 13.2 Å². The second-order valence-corrected chi connectivity index (χ2v) is 9.66. The molecule has 170 valence electrons. The molecular formula is C25H36N2O3S. The lowest BCUT2D eigenvalue weighted by Gasteiger charge is -2.24. The molecule has 0 aliphatic heterocycles. The molecule has 2 aromatic rings. The Hall–Kier alpha value is -2.34. The predicted octanol–water partition coefficient (Wildman–Crippen LogP) is 5.53. The number of hydrogen-bond acceptors (Lipinski definition) is 3. The fraction of sp³-hybridized carbons (Fsp3) is 0.480. The molecule has 2 rings (SSSR count). The first kappa shape index (κ1) is 24.9. The van der Waals surface area contributed by atoms with Crippen LogP contribution in [0.25, 0.3) is 0 Å². The minimum Gasteiger partial charge on any atom is -0.356 e. The zero-order valence-electron chi connectivity index (χ0n) is 18.6. The standard InChI is InChI=1S/C25H36N2O3S/c1-2-3-4-5-6-7-14-20-25(28)26-21-15-22-27(23-16-10-8-11-17-23)31(29,30)24-18-12-9-13-19-24/h8-13,16-19H,2-7,14-15,20-22H2,1H3,(H,26,28). The van der Waals surface area contributed by atoms with Crippen LogP contribution >= 0.6 is 0 Å². The molecule has 2 aromatic carbocycles. The van der Waals surface area contributed by atoms with E-state index in [0.717, 1.165) is 12.8 Å². The van der Waals surface area contributed by atoms with Crippen LogP contribution in [-0.4, -0.2) is 27.4 Å². The molecule has 5 nitrogen and oxygen atoms in total. The van der Waals surface area contributed by atoms with Gasteiger partial charge in [-0.2, -0.15) is 0 Å². The summed E-state index contributed by atoms with van der Waals surface area (Å²) < 4.78 is 27.8. The van der Waals surface area contributed by atoms with Crippen LogP contribution < -0.4 is 9.62 Å². The van der Waals surface area contributed by atoms with Gasteiger partial charge in [0.15, 0.2) is 0 Å². The first-order chi connectivity index (χ1) is 15.1. The first-order valence-corrected chi connectivity index (χ1v) is 12.9. The summed E-state index contributed by atoms with van der Waals surface area (Å²) in [6.45, 7) is 2.97. The van der Waals surface area contributed by atoms with Crippen LogP contribution in [0, 0.1) is 0 Å². The first-order valence-electron chi connectivity index (χ1n) is 11.4. The molecule has 0 saturated carbocycles. The van der Waals surface area contributed by atoms with Crippen molar-refractivity contribution in [3.63, 3.8) is 0 Å². The van der Waals surface area contributed by atoms with Gasteiger partial charge in [-0.05, 0) is 37.1 Å². The monoisotopic (exact) mass is 444 g/mol. The average Bonchev–Trinajstić information content (AvgIpc) is 2.79. The molecule has 0 fully saturated rings. The van der Waals surface area contributed by atoms with Crippen LogP contribution in [0.4, 0.5) is 5.69 Å². The van der Waals surface area contributed by atoms with E-state index in [4.69, 9.17) is 0 Å². The lowest BCUT2D eigenvalue weighted by atomic mass is 10.1. The van der Waals surface area contributed by atoms with Gasteiger partial charge in [0.25, 0.3) is 10.0 Å². The van der Waals surface area contributed by atoms with Crippen LogP contribution in [0.2, 0.25) is 0 Å². The number of para-hydroxylation sites is 1. The lowest BCUT2D eigenvalue weighted by Crippen LogP contribution is -2.34. The van der Waals surface area contributed by atoms with Gasteiger partial charge in [0.1, 0.15) is 0 Å². The van der Waals surface area contributed by atoms with Crippen LogP contribution in [-0.2, 0) is 14.8 Å². The summed E-state index contributed by atoms with van der Waals surface area (Å²) in [4.78, 5) is 12.3. The van der Waals surface area contributed by atoms with Crippen molar-refractivity contribution >= 4 is 21.6 Å². The van der Waals surface area contributed by atoms with Gasteiger partial charge in [0.05, 0.1) is 10.6 Å². The van der Waals surface area contributed by atoms with Gasteiger partial charge in [-0.25, -0.2) is 8.42 Å². The Bertz CT molecular complexity index is 855. The highest BCUT2D eigenvalue weighted by molar-refractivity contribution is 7.92. The Morgan fingerprint density at radius 3 is 2.03 bits per heavy atom. The SMILES string of the molecule is CCCCCCCCCC(=O)NCCCN(c1ccccc1)S(=O)(=O)c1ccccc1. The second-order valence-electron chi connectivity index (χ2n) is 7.80. The summed E-state index contributed by atoms with van der Waals surface area (Å²) in [7, 11) is -3.66. The van der Waals surface area contributed by atoms with Gasteiger partial charge in [0, 0.05) is 19.5 Å². The molecule has 0 aliphatic rings. The van der Waals surface area contributed by atoms with Gasteiger partial charge >= 0.3 is 0 Å². The van der Waals surface area contributed by atoms with Crippen LogP contribution in [0.15, 0.2) is 65.6 Å². The molecule has 0 saturated heterocycles. The number of amides is 1. The Labute approximate surface area is 187 Å². The smallest absolute Gasteiger partial charge is 0.264 e. The van der Waals surface area contributed by atoms with Crippen LogP contribution in [0.1, 0.15) is 64.7 Å². The summed E-state index contributed by atoms with van der Waals surface area (Å²) >= 11 is 0. The number of carbonyl (C=O) groups is 1. The molecule has 0 atom stereocenters. The van der Waals surface area contributed by atoms with Crippen molar-refractivity contribution in [1.82, 2.24) is 5.32 Å². The number of nitrogens with zero attached hydrogens (tertiary/aromatic N) is 1. The summed E-state index contributed by atoms with van der Waals surface area (Å²) in [5, 5.41) is 2.93. The van der Waals surface area contributed by atoms with Crippen molar-refractivity contribution in [3.05, 3.63) is 60.7 Å². The highest BCUT2D eigenvalue weighted by Crippen LogP contribution is 2.23. The number of benzene rings is 2. The number of carbonyl (C=O) groups excluding carboxylic acids is 1. The number of unbranched alkanes of at least 4 members (excludes halogenated alkanes) is 6. The highest BCUT2D eigenvalue weighted by atomic mass is 32.2. The molecule has 1 N–H and O–H groups in total. The molecule has 0 spiro atoms. The molecule has 1 amide bonds. The van der Waals surface area contributed by atoms with E-state index in [-0.39, 0.29) is 10.8 Å². The van der Waals surface area contributed by atoms with Crippen molar-refractivity contribution in [2.75, 3.05) is 17.4 Å². The van der Waals surface area contributed by atoms with Crippen molar-refractivity contribution in [2.45, 2.75) is 69.6 Å². The van der Waals surface area contributed by atoms with Crippen LogP contribution in [0.5, 0.6) is 0 Å². The van der Waals surface area contributed by atoms with Gasteiger partial charge in [-0.1, -0.05) is 81.8 Å². The lowest BCUT2D eigenvalue weighted by molar-refractivity contribution is -0.121. The van der Waals surface area contributed by atoms with Crippen molar-refractivity contribution in [1.29, 1.82) is 0 Å². The van der Waals surface area contributed by atoms with E-state index < -0.39 is 10.0 Å². The highest BCUT2D eigenvalue weighted by Gasteiger charge is 2.24. The summed E-state index contributed by atoms with van der Waals surface area (Å²) in [5.41, 5.74) is 0.626. The Morgan fingerprint density at radius 2 is 1.39 bits per heavy atom. The largest absolute Gasteiger partial charge is 0.356 e. The third-order valence-corrected chi connectivity index (χ3v) is 7.08. The normalized spacial score (nSPS) is 11.3. The summed E-state index contributed by atoms with van der Waals surface area (Å²) in [6.07, 6.45) is 9.36. The van der Waals surface area contributed by atoms with Crippen molar-refractivity contribution in [2.24, 2.45) is 0 Å². The topological polar surface area (TPSA) is 66.5 Å². The molecule has 0 aromatic heterocycles. The number of hydrogen-bond donors (Lipinski definition) is 1. The third-order valence-electron chi connectivity index (χ3n) is 5.24. The Kier molecular flexibility index (Phi) is 11.1. The minimum absolute atomic E-state index is 0.0470. The van der Waals surface area contributed by atoms with E-state index in [1.807, 2.05) is 18.2 Å². The van der Waals surface area contributed by atoms with Gasteiger partial charge in [0.2, 0.25) is 5.91 Å². The van der Waals surface area contributed by atoms with Crippen molar-refractivity contribution < 1.29 is 13.2 Å². The molecular weight excluding hydrogens is 408 g/mol. The summed E-state index contributed by atoms with van der Waals surface area (Å²) in [6, 6.07) is 17.6. The maximum absolute atomic E-state index is 13.2. The van der Waals surface area contributed by atoms with E-state index in [1.54, 1.807) is 42.5 Å². The fourth-order valence-corrected chi connectivity index (χ4v) is 5.01. The maximum Gasteiger partial charge on any atom is 0.264 e. The molecule has 0 radical (unpaired) electrons. The van der Waals surface area contributed by atoms with E-state index in [0.29, 0.717) is 31.6 Å². The molecule has 6 heteroatoms. The Morgan fingerprint density at radius 1 is 0.806 bits per heavy atom. The maximum atomic E-state index is 13.2. The number of sulfonamides is 1. The van der Waals surface area contributed by atoms with Gasteiger partial charge in [-0.15, -0.1) is 0 Å². The second kappa shape index (κ2) is 13.9. The van der Waals surface area contributed by atoms with Crippen LogP contribution in [0.3, 0.4) is 0 Å². The number of rotatable bonds is 15. The fourth-order valence-electron chi connectivity index (χ4n) is 3.48. The van der Waals surface area contributed by atoms with E-state index in [1.165, 1.54) is 36.4 Å². The molecule has 0 bridgehead atoms. The van der Waals surface area contributed by atoms with Crippen molar-refractivity contribution in [3.8, 4) is 0 Å². The molecule has 0 heterocycles. The number of anilines is 1. The number of nitrogens with one attached hydrogen (secondary N) is 1. The molecule has 31 heavy (non-hydrogen) atoms. The quantitative estimate of drug-likeness (QED) is 0.367. The third kappa shape index (κ3) is 8.74. The molecule has 0 unspecified atom stereocenters. The predicted molar refractivity (Wildman–Crippen MR) is 128 cm³/mol. The summed E-state index contributed by atoms with van der Waals surface area (Å²) in [5.74, 6) is 0.0470. The van der Waals surface area contributed by atoms with Gasteiger partial charge in [-0.3, -0.25) is 9.10 Å². The van der Waals surface area contributed by atoms with Gasteiger partial charge < -0.3 is 5.32 Å². The van der Waals surface area contributed by atoms with E-state index in [2.05, 4.69) is 12.2 Å². The Balaban J connectivity index is 1.81.